The summed E-state index contributed by atoms with van der Waals surface area (Å²) >= 11 is 0. The Bertz CT molecular complexity index is 154. The molecule has 1 fully saturated rings. The van der Waals surface area contributed by atoms with E-state index < -0.39 is 0 Å². The molecule has 0 aliphatic carbocycles. The van der Waals surface area contributed by atoms with Gasteiger partial charge in [0.05, 0.1) is 12.0 Å². The van der Waals surface area contributed by atoms with Gasteiger partial charge in [0.15, 0.2) is 0 Å². The van der Waals surface area contributed by atoms with Gasteiger partial charge in [0, 0.05) is 0 Å². The predicted molar refractivity (Wildman–Crippen MR) is 43.1 cm³/mol. The standard InChI is InChI=1S/C9H16O2/c1-6-4-7(2)9(10)11-8(3)5-6/h6-8H,4-5H2,1-3H3/t6-,7+,8-/m0/s1. The van der Waals surface area contributed by atoms with Crippen LogP contribution in [0.15, 0.2) is 0 Å². The maximum Gasteiger partial charge on any atom is 0.308 e. The van der Waals surface area contributed by atoms with Gasteiger partial charge < -0.3 is 4.74 Å². The minimum atomic E-state index is -0.0261. The van der Waals surface area contributed by atoms with Crippen LogP contribution in [0.1, 0.15) is 33.6 Å². The van der Waals surface area contributed by atoms with E-state index in [0.29, 0.717) is 5.92 Å². The Morgan fingerprint density at radius 2 is 1.91 bits per heavy atom. The number of esters is 1. The molecular weight excluding hydrogens is 140 g/mol. The fraction of sp³-hybridized carbons (Fsp3) is 0.889. The van der Waals surface area contributed by atoms with Gasteiger partial charge in [-0.05, 0) is 25.7 Å². The number of hydrogen-bond acceptors (Lipinski definition) is 2. The van der Waals surface area contributed by atoms with Crippen LogP contribution in [0.3, 0.4) is 0 Å². The second kappa shape index (κ2) is 3.24. The Morgan fingerprint density at radius 1 is 1.27 bits per heavy atom. The summed E-state index contributed by atoms with van der Waals surface area (Å²) in [4.78, 5) is 11.1. The summed E-state index contributed by atoms with van der Waals surface area (Å²) in [7, 11) is 0. The van der Waals surface area contributed by atoms with Crippen LogP contribution in [0.2, 0.25) is 0 Å². The summed E-state index contributed by atoms with van der Waals surface area (Å²) < 4.78 is 5.15. The lowest BCUT2D eigenvalue weighted by Gasteiger charge is -2.10. The van der Waals surface area contributed by atoms with Gasteiger partial charge in [-0.2, -0.15) is 0 Å². The first kappa shape index (κ1) is 8.57. The Morgan fingerprint density at radius 3 is 2.55 bits per heavy atom. The summed E-state index contributed by atoms with van der Waals surface area (Å²) in [5.74, 6) is 0.684. The molecule has 0 spiro atoms. The van der Waals surface area contributed by atoms with Crippen LogP contribution < -0.4 is 0 Å². The molecule has 1 heterocycles. The zero-order valence-electron chi connectivity index (χ0n) is 7.46. The molecule has 0 aromatic rings. The van der Waals surface area contributed by atoms with Crippen molar-refractivity contribution in [2.24, 2.45) is 11.8 Å². The van der Waals surface area contributed by atoms with Crippen molar-refractivity contribution in [3.63, 3.8) is 0 Å². The summed E-state index contributed by atoms with van der Waals surface area (Å²) in [5.41, 5.74) is 0. The van der Waals surface area contributed by atoms with Gasteiger partial charge in [-0.1, -0.05) is 13.8 Å². The van der Waals surface area contributed by atoms with Crippen molar-refractivity contribution >= 4 is 5.97 Å². The number of hydrogen-bond donors (Lipinski definition) is 0. The molecule has 0 radical (unpaired) electrons. The zero-order chi connectivity index (χ0) is 8.43. The molecule has 0 aromatic heterocycles. The van der Waals surface area contributed by atoms with Crippen LogP contribution in [-0.4, -0.2) is 12.1 Å². The Kier molecular flexibility index (Phi) is 2.53. The van der Waals surface area contributed by atoms with E-state index in [1.54, 1.807) is 0 Å². The van der Waals surface area contributed by atoms with Crippen LogP contribution in [0, 0.1) is 11.8 Å². The zero-order valence-corrected chi connectivity index (χ0v) is 7.46. The van der Waals surface area contributed by atoms with Gasteiger partial charge in [0.2, 0.25) is 0 Å². The van der Waals surface area contributed by atoms with Gasteiger partial charge in [-0.15, -0.1) is 0 Å². The first-order valence-corrected chi connectivity index (χ1v) is 4.30. The molecule has 1 aliphatic heterocycles. The highest BCUT2D eigenvalue weighted by Gasteiger charge is 2.25. The second-order valence-corrected chi connectivity index (χ2v) is 3.73. The number of cyclic esters (lactones) is 1. The topological polar surface area (TPSA) is 26.3 Å². The lowest BCUT2D eigenvalue weighted by molar-refractivity contribution is -0.151. The molecule has 1 saturated heterocycles. The van der Waals surface area contributed by atoms with Crippen LogP contribution in [0.5, 0.6) is 0 Å². The molecule has 0 bridgehead atoms. The van der Waals surface area contributed by atoms with E-state index in [1.165, 1.54) is 0 Å². The van der Waals surface area contributed by atoms with Crippen molar-refractivity contribution in [3.05, 3.63) is 0 Å². The van der Waals surface area contributed by atoms with E-state index in [4.69, 9.17) is 4.74 Å². The molecule has 2 nitrogen and oxygen atoms in total. The predicted octanol–water partition coefficient (Wildman–Crippen LogP) is 1.98. The average molecular weight is 156 g/mol. The molecule has 0 aromatic carbocycles. The summed E-state index contributed by atoms with van der Waals surface area (Å²) in [6, 6.07) is 0. The van der Waals surface area contributed by atoms with E-state index in [0.717, 1.165) is 12.8 Å². The van der Waals surface area contributed by atoms with E-state index in [-0.39, 0.29) is 18.0 Å². The van der Waals surface area contributed by atoms with Crippen molar-refractivity contribution in [1.29, 1.82) is 0 Å². The van der Waals surface area contributed by atoms with E-state index in [2.05, 4.69) is 6.92 Å². The van der Waals surface area contributed by atoms with E-state index in [9.17, 15) is 4.79 Å². The van der Waals surface area contributed by atoms with Crippen molar-refractivity contribution in [2.75, 3.05) is 0 Å². The molecule has 0 unspecified atom stereocenters. The number of ether oxygens (including phenoxy) is 1. The maximum absolute atomic E-state index is 11.1. The van der Waals surface area contributed by atoms with Crippen LogP contribution >= 0.6 is 0 Å². The third-order valence-corrected chi connectivity index (χ3v) is 2.21. The minimum Gasteiger partial charge on any atom is -0.462 e. The summed E-state index contributed by atoms with van der Waals surface area (Å²) in [6.45, 7) is 6.08. The smallest absolute Gasteiger partial charge is 0.308 e. The van der Waals surface area contributed by atoms with Gasteiger partial charge >= 0.3 is 5.97 Å². The van der Waals surface area contributed by atoms with Crippen LogP contribution in [0.25, 0.3) is 0 Å². The van der Waals surface area contributed by atoms with Crippen LogP contribution in [-0.2, 0) is 9.53 Å². The lowest BCUT2D eigenvalue weighted by Crippen LogP contribution is -2.16. The Hall–Kier alpha value is -0.530. The second-order valence-electron chi connectivity index (χ2n) is 3.73. The largest absolute Gasteiger partial charge is 0.462 e. The number of carbonyl (C=O) groups is 1. The van der Waals surface area contributed by atoms with Crippen molar-refractivity contribution in [3.8, 4) is 0 Å². The van der Waals surface area contributed by atoms with Gasteiger partial charge in [0.1, 0.15) is 0 Å². The van der Waals surface area contributed by atoms with Gasteiger partial charge in [0.25, 0.3) is 0 Å². The molecule has 3 atom stereocenters. The molecule has 64 valence electrons. The SMILES string of the molecule is C[C@H]1C[C@@H](C)C(=O)O[C@@H](C)C1. The normalized spacial score (nSPS) is 39.5. The molecular formula is C9H16O2. The van der Waals surface area contributed by atoms with Crippen molar-refractivity contribution < 1.29 is 9.53 Å². The first-order valence-electron chi connectivity index (χ1n) is 4.30. The highest BCUT2D eigenvalue weighted by Crippen LogP contribution is 2.23. The summed E-state index contributed by atoms with van der Waals surface area (Å²) in [6.07, 6.45) is 2.10. The molecule has 11 heavy (non-hydrogen) atoms. The molecule has 0 amide bonds. The fourth-order valence-electron chi connectivity index (χ4n) is 1.73. The van der Waals surface area contributed by atoms with Gasteiger partial charge in [-0.25, -0.2) is 0 Å². The fourth-order valence-corrected chi connectivity index (χ4v) is 1.73. The summed E-state index contributed by atoms with van der Waals surface area (Å²) in [5, 5.41) is 0. The van der Waals surface area contributed by atoms with Crippen molar-refractivity contribution in [1.82, 2.24) is 0 Å². The number of rotatable bonds is 0. The highest BCUT2D eigenvalue weighted by molar-refractivity contribution is 5.72. The third kappa shape index (κ3) is 2.21. The minimum absolute atomic E-state index is 0.0261. The molecule has 1 rings (SSSR count). The third-order valence-electron chi connectivity index (χ3n) is 2.21. The van der Waals surface area contributed by atoms with Gasteiger partial charge in [-0.3, -0.25) is 4.79 Å². The lowest BCUT2D eigenvalue weighted by atomic mass is 9.95. The quantitative estimate of drug-likeness (QED) is 0.501. The molecule has 1 aliphatic rings. The molecule has 0 saturated carbocycles. The van der Waals surface area contributed by atoms with E-state index in [1.807, 2.05) is 13.8 Å². The first-order chi connectivity index (χ1) is 5.09. The van der Waals surface area contributed by atoms with E-state index >= 15 is 0 Å². The highest BCUT2D eigenvalue weighted by atomic mass is 16.5. The monoisotopic (exact) mass is 156 g/mol. The molecule has 0 N–H and O–H groups in total. The maximum atomic E-state index is 11.1. The number of carbonyl (C=O) groups excluding carboxylic acids is 1. The Labute approximate surface area is 67.9 Å². The van der Waals surface area contributed by atoms with Crippen molar-refractivity contribution in [2.45, 2.75) is 39.7 Å². The Balaban J connectivity index is 2.58. The molecule has 2 heteroatoms. The average Bonchev–Trinajstić information content (AvgIpc) is 1.93. The van der Waals surface area contributed by atoms with Crippen LogP contribution in [0.4, 0.5) is 0 Å².